The quantitative estimate of drug-likeness (QED) is 0.439. The lowest BCUT2D eigenvalue weighted by Crippen LogP contribution is -2.55. The maximum absolute atomic E-state index is 13.2. The zero-order valence-electron chi connectivity index (χ0n) is 19.7. The molecule has 1 aliphatic carbocycles. The summed E-state index contributed by atoms with van der Waals surface area (Å²) in [5.41, 5.74) is 2.38. The van der Waals surface area contributed by atoms with Crippen LogP contribution in [0.1, 0.15) is 29.5 Å². The number of carbonyl (C=O) groups excluding carboxylic acids is 2. The molecule has 2 aromatic rings. The molecular formula is C26H30N2O7. The van der Waals surface area contributed by atoms with Gasteiger partial charge in [0, 0.05) is 31.1 Å². The Hall–Kier alpha value is -3.40. The molecule has 186 valence electrons. The molecule has 1 heterocycles. The van der Waals surface area contributed by atoms with E-state index >= 15 is 0 Å². The summed E-state index contributed by atoms with van der Waals surface area (Å²) < 4.78 is 11.6. The molecule has 1 aliphatic heterocycles. The lowest BCUT2D eigenvalue weighted by Gasteiger charge is -2.40. The fraction of sp³-hybridized carbons (Fsp3) is 0.385. The molecule has 0 saturated heterocycles. The van der Waals surface area contributed by atoms with Gasteiger partial charge in [0.2, 0.25) is 11.8 Å². The number of hydrogen-bond donors (Lipinski definition) is 4. The average molecular weight is 483 g/mol. The third kappa shape index (κ3) is 4.75. The van der Waals surface area contributed by atoms with Crippen molar-refractivity contribution in [3.63, 3.8) is 0 Å². The fourth-order valence-electron chi connectivity index (χ4n) is 4.83. The van der Waals surface area contributed by atoms with Gasteiger partial charge in [-0.25, -0.2) is 0 Å². The molecule has 4 rings (SSSR count). The van der Waals surface area contributed by atoms with Crippen LogP contribution in [0.4, 0.5) is 0 Å². The van der Waals surface area contributed by atoms with Crippen LogP contribution in [-0.2, 0) is 22.7 Å². The number of hydrogen-bond acceptors (Lipinski definition) is 7. The number of aliphatic hydroxyl groups is 3. The number of methoxy groups -OCH3 is 1. The molecule has 9 heteroatoms. The monoisotopic (exact) mass is 482 g/mol. The molecule has 2 amide bonds. The number of fused-ring (bicyclic) bond motifs is 3. The molecule has 2 aromatic carbocycles. The van der Waals surface area contributed by atoms with Gasteiger partial charge in [-0.1, -0.05) is 30.3 Å². The van der Waals surface area contributed by atoms with Crippen LogP contribution in [0.2, 0.25) is 0 Å². The van der Waals surface area contributed by atoms with Crippen molar-refractivity contribution in [2.45, 2.75) is 44.2 Å². The summed E-state index contributed by atoms with van der Waals surface area (Å²) in [5, 5.41) is 33.1. The number of rotatable bonds is 8. The average Bonchev–Trinajstić information content (AvgIpc) is 3.26. The highest BCUT2D eigenvalue weighted by Crippen LogP contribution is 2.51. The first-order valence-corrected chi connectivity index (χ1v) is 11.5. The summed E-state index contributed by atoms with van der Waals surface area (Å²) in [6, 6.07) is 11.9. The second-order valence-electron chi connectivity index (χ2n) is 8.65. The normalized spacial score (nSPS) is 22.4. The van der Waals surface area contributed by atoms with E-state index in [4.69, 9.17) is 9.47 Å². The zero-order chi connectivity index (χ0) is 25.1. The van der Waals surface area contributed by atoms with E-state index in [1.54, 1.807) is 18.2 Å². The first kappa shape index (κ1) is 24.7. The SMILES string of the molecule is COc1cc(CO)cc2c1O[C@@H]1[C@@H](O)[C@H](N(Cc3ccccc3)C(C)=O)C=C(C(=O)NCCO)[C@H]21. The number of amides is 2. The van der Waals surface area contributed by atoms with Gasteiger partial charge in [-0.3, -0.25) is 9.59 Å². The number of carbonyl (C=O) groups is 2. The van der Waals surface area contributed by atoms with Crippen molar-refractivity contribution >= 4 is 11.8 Å². The minimum absolute atomic E-state index is 0.0505. The van der Waals surface area contributed by atoms with Gasteiger partial charge in [0.05, 0.1) is 32.3 Å². The first-order valence-electron chi connectivity index (χ1n) is 11.5. The number of nitrogens with one attached hydrogen (secondary N) is 1. The van der Waals surface area contributed by atoms with Crippen molar-refractivity contribution in [2.75, 3.05) is 20.3 Å². The van der Waals surface area contributed by atoms with Crippen LogP contribution in [0.15, 0.2) is 54.1 Å². The van der Waals surface area contributed by atoms with Gasteiger partial charge in [0.1, 0.15) is 12.2 Å². The van der Waals surface area contributed by atoms with Crippen molar-refractivity contribution < 1.29 is 34.4 Å². The third-order valence-corrected chi connectivity index (χ3v) is 6.45. The Bertz CT molecular complexity index is 1120. The van der Waals surface area contributed by atoms with Gasteiger partial charge in [0.25, 0.3) is 0 Å². The smallest absolute Gasteiger partial charge is 0.247 e. The van der Waals surface area contributed by atoms with Gasteiger partial charge in [-0.05, 0) is 29.3 Å². The lowest BCUT2D eigenvalue weighted by atomic mass is 9.77. The first-order chi connectivity index (χ1) is 16.9. The molecule has 0 unspecified atom stereocenters. The number of benzene rings is 2. The van der Waals surface area contributed by atoms with E-state index in [0.29, 0.717) is 28.2 Å². The second kappa shape index (κ2) is 10.5. The van der Waals surface area contributed by atoms with Crippen LogP contribution in [0.25, 0.3) is 0 Å². The summed E-state index contributed by atoms with van der Waals surface area (Å²) in [6.07, 6.45) is -0.397. The third-order valence-electron chi connectivity index (χ3n) is 6.45. The molecule has 0 radical (unpaired) electrons. The molecule has 9 nitrogen and oxygen atoms in total. The maximum atomic E-state index is 13.2. The van der Waals surface area contributed by atoms with Crippen LogP contribution < -0.4 is 14.8 Å². The minimum atomic E-state index is -1.14. The fourth-order valence-corrected chi connectivity index (χ4v) is 4.83. The minimum Gasteiger partial charge on any atom is -0.493 e. The van der Waals surface area contributed by atoms with E-state index in [1.165, 1.54) is 18.9 Å². The highest BCUT2D eigenvalue weighted by Gasteiger charge is 2.51. The van der Waals surface area contributed by atoms with Gasteiger partial charge in [-0.15, -0.1) is 0 Å². The van der Waals surface area contributed by atoms with E-state index in [9.17, 15) is 24.9 Å². The highest BCUT2D eigenvalue weighted by molar-refractivity contribution is 5.96. The lowest BCUT2D eigenvalue weighted by molar-refractivity contribution is -0.135. The van der Waals surface area contributed by atoms with Crippen LogP contribution in [0, 0.1) is 0 Å². The topological polar surface area (TPSA) is 129 Å². The zero-order valence-corrected chi connectivity index (χ0v) is 19.7. The van der Waals surface area contributed by atoms with Crippen LogP contribution in [0.5, 0.6) is 11.5 Å². The van der Waals surface area contributed by atoms with E-state index in [2.05, 4.69) is 5.32 Å². The van der Waals surface area contributed by atoms with Crippen molar-refractivity contribution in [3.05, 3.63) is 70.8 Å². The summed E-state index contributed by atoms with van der Waals surface area (Å²) in [7, 11) is 1.48. The Labute approximate surface area is 203 Å². The van der Waals surface area contributed by atoms with Crippen molar-refractivity contribution in [2.24, 2.45) is 0 Å². The predicted molar refractivity (Wildman–Crippen MR) is 127 cm³/mol. The van der Waals surface area contributed by atoms with E-state index in [1.807, 2.05) is 30.3 Å². The van der Waals surface area contributed by atoms with Crippen molar-refractivity contribution in [3.8, 4) is 11.5 Å². The summed E-state index contributed by atoms with van der Waals surface area (Å²) in [6.45, 7) is 1.23. The Morgan fingerprint density at radius 2 is 1.89 bits per heavy atom. The molecular weight excluding hydrogens is 452 g/mol. The molecule has 4 atom stereocenters. The van der Waals surface area contributed by atoms with Crippen molar-refractivity contribution in [1.82, 2.24) is 10.2 Å². The summed E-state index contributed by atoms with van der Waals surface area (Å²) >= 11 is 0. The standard InChI is InChI=1S/C26H30N2O7/c1-15(31)28(13-16-6-4-3-5-7-16)20-12-19(26(33)27-8-9-29)22-18-10-17(14-30)11-21(34-2)24(18)35-25(22)23(20)32/h3-7,10-12,20,22-23,25,29-30,32H,8-9,13-14H2,1-2H3,(H,27,33)/t20-,22+,23+,25+/m1/s1. The van der Waals surface area contributed by atoms with Gasteiger partial charge < -0.3 is 35.0 Å². The Morgan fingerprint density at radius 3 is 2.51 bits per heavy atom. The van der Waals surface area contributed by atoms with Crippen LogP contribution >= 0.6 is 0 Å². The Balaban J connectivity index is 1.80. The number of nitrogens with zero attached hydrogens (tertiary/aromatic N) is 1. The van der Waals surface area contributed by atoms with Gasteiger partial charge >= 0.3 is 0 Å². The molecule has 0 aromatic heterocycles. The summed E-state index contributed by atoms with van der Waals surface area (Å²) in [5.74, 6) is -0.580. The highest BCUT2D eigenvalue weighted by atomic mass is 16.5. The van der Waals surface area contributed by atoms with Crippen molar-refractivity contribution in [1.29, 1.82) is 0 Å². The molecule has 35 heavy (non-hydrogen) atoms. The molecule has 2 aliphatic rings. The van der Waals surface area contributed by atoms with Gasteiger partial charge in [0.15, 0.2) is 11.5 Å². The molecule has 0 saturated carbocycles. The molecule has 4 N–H and O–H groups in total. The van der Waals surface area contributed by atoms with Crippen LogP contribution in [-0.4, -0.2) is 70.5 Å². The largest absolute Gasteiger partial charge is 0.493 e. The molecule has 0 bridgehead atoms. The number of aliphatic hydroxyl groups excluding tert-OH is 3. The molecule has 0 fully saturated rings. The Morgan fingerprint density at radius 1 is 1.14 bits per heavy atom. The van der Waals surface area contributed by atoms with E-state index in [0.717, 1.165) is 5.56 Å². The maximum Gasteiger partial charge on any atom is 0.247 e. The predicted octanol–water partition coefficient (Wildman–Crippen LogP) is 0.859. The van der Waals surface area contributed by atoms with Gasteiger partial charge in [-0.2, -0.15) is 0 Å². The molecule has 0 spiro atoms. The van der Waals surface area contributed by atoms with E-state index in [-0.39, 0.29) is 32.2 Å². The van der Waals surface area contributed by atoms with Crippen LogP contribution in [0.3, 0.4) is 0 Å². The summed E-state index contributed by atoms with van der Waals surface area (Å²) in [4.78, 5) is 27.4. The number of ether oxygens (including phenoxy) is 2. The second-order valence-corrected chi connectivity index (χ2v) is 8.65. The Kier molecular flexibility index (Phi) is 7.39. The van der Waals surface area contributed by atoms with E-state index < -0.39 is 30.1 Å².